The van der Waals surface area contributed by atoms with E-state index in [0.717, 1.165) is 45.9 Å². The fourth-order valence-electron chi connectivity index (χ4n) is 3.20. The molecule has 0 saturated heterocycles. The molecule has 1 aliphatic rings. The number of carbonyl (C=O) groups excluding carboxylic acids is 1. The number of aromatic nitrogens is 1. The number of rotatable bonds is 5. The summed E-state index contributed by atoms with van der Waals surface area (Å²) in [4.78, 5) is 25.3. The molecule has 1 saturated carbocycles. The second kappa shape index (κ2) is 8.97. The van der Waals surface area contributed by atoms with Crippen molar-refractivity contribution in [1.82, 2.24) is 4.98 Å². The lowest BCUT2D eigenvalue weighted by Gasteiger charge is -2.06. The number of hydrogen-bond donors (Lipinski definition) is 3. The lowest BCUT2D eigenvalue weighted by atomic mass is 10.0. The van der Waals surface area contributed by atoms with Crippen molar-refractivity contribution in [2.24, 2.45) is 5.92 Å². The first-order chi connectivity index (χ1) is 15.0. The van der Waals surface area contributed by atoms with E-state index in [4.69, 9.17) is 15.0 Å². The summed E-state index contributed by atoms with van der Waals surface area (Å²) in [5, 5.41) is 18.2. The summed E-state index contributed by atoms with van der Waals surface area (Å²) in [6, 6.07) is 24.4. The molecule has 31 heavy (non-hydrogen) atoms. The minimum atomic E-state index is -1.83. The van der Waals surface area contributed by atoms with E-state index >= 15 is 0 Å². The molecular formula is C24H20N2O4S. The summed E-state index contributed by atoms with van der Waals surface area (Å²) in [7, 11) is 0. The van der Waals surface area contributed by atoms with Gasteiger partial charge in [0, 0.05) is 17.2 Å². The number of hydrogen-bond acceptors (Lipinski definition) is 5. The maximum absolute atomic E-state index is 12.1. The Morgan fingerprint density at radius 1 is 0.871 bits per heavy atom. The molecule has 156 valence electrons. The molecule has 0 radical (unpaired) electrons. The van der Waals surface area contributed by atoms with Crippen LogP contribution in [0, 0.1) is 5.92 Å². The number of Topliss-reactive ketones (excluding diaryl/α,β-unsaturated/α-hetero) is 1. The van der Waals surface area contributed by atoms with Gasteiger partial charge < -0.3 is 15.5 Å². The fourth-order valence-corrected chi connectivity index (χ4v) is 4.09. The Morgan fingerprint density at radius 2 is 1.45 bits per heavy atom. The molecule has 0 aliphatic heterocycles. The number of thiazole rings is 1. The van der Waals surface area contributed by atoms with Gasteiger partial charge in [-0.05, 0) is 48.2 Å². The summed E-state index contributed by atoms with van der Waals surface area (Å²) in [5.74, 6) is 0.556. The Bertz CT molecular complexity index is 1180. The molecule has 4 aromatic rings. The van der Waals surface area contributed by atoms with E-state index in [0.29, 0.717) is 0 Å². The van der Waals surface area contributed by atoms with Gasteiger partial charge in [-0.25, -0.2) is 9.78 Å². The zero-order chi connectivity index (χ0) is 21.8. The van der Waals surface area contributed by atoms with Crippen LogP contribution in [-0.2, 0) is 0 Å². The van der Waals surface area contributed by atoms with E-state index < -0.39 is 6.16 Å². The number of nitrogens with one attached hydrogen (secondary N) is 1. The third-order valence-electron chi connectivity index (χ3n) is 4.88. The molecule has 1 heterocycles. The molecule has 1 aromatic heterocycles. The number of carbonyl (C=O) groups is 2. The number of carboxylic acid groups (broad SMARTS) is 2. The summed E-state index contributed by atoms with van der Waals surface area (Å²) in [5.41, 5.74) is 5.11. The Labute approximate surface area is 182 Å². The molecule has 5 rings (SSSR count). The van der Waals surface area contributed by atoms with E-state index in [1.54, 1.807) is 11.3 Å². The van der Waals surface area contributed by atoms with Crippen molar-refractivity contribution < 1.29 is 19.8 Å². The van der Waals surface area contributed by atoms with Crippen molar-refractivity contribution in [1.29, 1.82) is 0 Å². The molecular weight excluding hydrogens is 412 g/mol. The van der Waals surface area contributed by atoms with Gasteiger partial charge in [0.15, 0.2) is 10.9 Å². The third kappa shape index (κ3) is 5.26. The Kier molecular flexibility index (Phi) is 5.95. The van der Waals surface area contributed by atoms with Crippen molar-refractivity contribution in [3.8, 4) is 11.1 Å². The van der Waals surface area contributed by atoms with Crippen molar-refractivity contribution in [2.45, 2.75) is 12.8 Å². The van der Waals surface area contributed by atoms with Crippen LogP contribution in [0.5, 0.6) is 0 Å². The van der Waals surface area contributed by atoms with Gasteiger partial charge in [0.05, 0.1) is 10.2 Å². The topological polar surface area (TPSA) is 99.5 Å². The monoisotopic (exact) mass is 432 g/mol. The summed E-state index contributed by atoms with van der Waals surface area (Å²) in [6.45, 7) is 0. The molecule has 0 unspecified atom stereocenters. The predicted octanol–water partition coefficient (Wildman–Crippen LogP) is 6.52. The van der Waals surface area contributed by atoms with Crippen LogP contribution in [0.15, 0.2) is 72.8 Å². The summed E-state index contributed by atoms with van der Waals surface area (Å²) >= 11 is 1.65. The smallest absolute Gasteiger partial charge is 0.450 e. The SMILES string of the molecule is O=C(O)O.O=C(c1ccc(-c2ccc(Nc3nc4ccccc4s3)cc2)cc1)C1CC1. The molecule has 0 amide bonds. The fraction of sp³-hybridized carbons (Fsp3) is 0.125. The summed E-state index contributed by atoms with van der Waals surface area (Å²) in [6.07, 6.45) is 0.257. The first kappa shape index (κ1) is 20.6. The number of benzene rings is 3. The van der Waals surface area contributed by atoms with Crippen LogP contribution >= 0.6 is 11.3 Å². The van der Waals surface area contributed by atoms with Crippen molar-refractivity contribution in [3.63, 3.8) is 0 Å². The van der Waals surface area contributed by atoms with Gasteiger partial charge in [0.2, 0.25) is 0 Å². The molecule has 6 nitrogen and oxygen atoms in total. The highest BCUT2D eigenvalue weighted by Crippen LogP contribution is 2.33. The number of ketones is 1. The number of para-hydroxylation sites is 1. The van der Waals surface area contributed by atoms with Gasteiger partial charge in [-0.1, -0.05) is 59.9 Å². The van der Waals surface area contributed by atoms with Gasteiger partial charge in [-0.15, -0.1) is 0 Å². The van der Waals surface area contributed by atoms with Crippen LogP contribution in [0.4, 0.5) is 15.6 Å². The van der Waals surface area contributed by atoms with Crippen molar-refractivity contribution >= 4 is 44.3 Å². The molecule has 3 aromatic carbocycles. The van der Waals surface area contributed by atoms with Crippen LogP contribution < -0.4 is 5.32 Å². The van der Waals surface area contributed by atoms with Crippen molar-refractivity contribution in [3.05, 3.63) is 78.4 Å². The minimum Gasteiger partial charge on any atom is -0.450 e. The highest BCUT2D eigenvalue weighted by atomic mass is 32.1. The second-order valence-electron chi connectivity index (χ2n) is 7.19. The van der Waals surface area contributed by atoms with Crippen LogP contribution in [0.3, 0.4) is 0 Å². The lowest BCUT2D eigenvalue weighted by molar-refractivity contribution is 0.0967. The van der Waals surface area contributed by atoms with Gasteiger partial charge in [-0.3, -0.25) is 4.79 Å². The predicted molar refractivity (Wildman–Crippen MR) is 122 cm³/mol. The number of anilines is 2. The highest BCUT2D eigenvalue weighted by molar-refractivity contribution is 7.22. The van der Waals surface area contributed by atoms with E-state index in [1.165, 1.54) is 4.70 Å². The highest BCUT2D eigenvalue weighted by Gasteiger charge is 2.30. The number of fused-ring (bicyclic) bond motifs is 1. The summed E-state index contributed by atoms with van der Waals surface area (Å²) < 4.78 is 1.18. The first-order valence-electron chi connectivity index (χ1n) is 9.79. The standard InChI is InChI=1S/C23H18N2OS.CH2O3/c26-22(18-9-10-18)17-7-5-15(6-8-17)16-11-13-19(14-12-16)24-23-25-20-3-1-2-4-21(20)27-23;2-1(3)4/h1-8,11-14,18H,9-10H2,(H,24,25);(H2,2,3,4). The Balaban J connectivity index is 0.000000535. The van der Waals surface area contributed by atoms with Crippen LogP contribution in [-0.4, -0.2) is 27.1 Å². The quantitative estimate of drug-likeness (QED) is 0.310. The minimum absolute atomic E-state index is 0.267. The average molecular weight is 433 g/mol. The normalized spacial score (nSPS) is 12.6. The van der Waals surface area contributed by atoms with Crippen LogP contribution in [0.25, 0.3) is 21.3 Å². The van der Waals surface area contributed by atoms with Gasteiger partial charge in [0.25, 0.3) is 0 Å². The third-order valence-corrected chi connectivity index (χ3v) is 5.83. The largest absolute Gasteiger partial charge is 0.503 e. The molecule has 7 heteroatoms. The number of nitrogens with zero attached hydrogens (tertiary/aromatic N) is 1. The van der Waals surface area contributed by atoms with E-state index in [-0.39, 0.29) is 11.7 Å². The lowest BCUT2D eigenvalue weighted by Crippen LogP contribution is -2.00. The van der Waals surface area contributed by atoms with Gasteiger partial charge >= 0.3 is 6.16 Å². The van der Waals surface area contributed by atoms with E-state index in [1.807, 2.05) is 42.5 Å². The molecule has 3 N–H and O–H groups in total. The van der Waals surface area contributed by atoms with E-state index in [2.05, 4.69) is 40.6 Å². The molecule has 0 bridgehead atoms. The first-order valence-corrected chi connectivity index (χ1v) is 10.6. The average Bonchev–Trinajstić information content (AvgIpc) is 3.53. The van der Waals surface area contributed by atoms with Gasteiger partial charge in [-0.2, -0.15) is 0 Å². The maximum Gasteiger partial charge on any atom is 0.503 e. The van der Waals surface area contributed by atoms with Crippen LogP contribution in [0.2, 0.25) is 0 Å². The Morgan fingerprint density at radius 3 is 2.03 bits per heavy atom. The van der Waals surface area contributed by atoms with E-state index in [9.17, 15) is 4.79 Å². The van der Waals surface area contributed by atoms with Crippen molar-refractivity contribution in [2.75, 3.05) is 5.32 Å². The maximum atomic E-state index is 12.1. The van der Waals surface area contributed by atoms with Gasteiger partial charge in [0.1, 0.15) is 0 Å². The second-order valence-corrected chi connectivity index (χ2v) is 8.22. The zero-order valence-electron chi connectivity index (χ0n) is 16.5. The Hall–Kier alpha value is -3.71. The molecule has 1 aliphatic carbocycles. The van der Waals surface area contributed by atoms with Crippen LogP contribution in [0.1, 0.15) is 23.2 Å². The molecule has 0 spiro atoms. The molecule has 0 atom stereocenters. The zero-order valence-corrected chi connectivity index (χ0v) is 17.3. The molecule has 1 fully saturated rings.